The van der Waals surface area contributed by atoms with Crippen molar-refractivity contribution >= 4 is 34.1 Å². The van der Waals surface area contributed by atoms with E-state index in [2.05, 4.69) is 4.90 Å². The van der Waals surface area contributed by atoms with Crippen LogP contribution in [0.2, 0.25) is 0 Å². The van der Waals surface area contributed by atoms with Crippen LogP contribution < -0.4 is 9.80 Å². The van der Waals surface area contributed by atoms with Crippen molar-refractivity contribution in [3.8, 4) is 22.3 Å². The Kier molecular flexibility index (Phi) is 5.73. The maximum Gasteiger partial charge on any atom is 0.0645 e. The molecule has 0 spiro atoms. The Labute approximate surface area is 277 Å². The first-order valence-corrected chi connectivity index (χ1v) is 14.7. The van der Waals surface area contributed by atoms with Crippen molar-refractivity contribution in [3.05, 3.63) is 193 Å². The second-order valence-corrected chi connectivity index (χ2v) is 10.5. The molecule has 216 valence electrons. The maximum absolute atomic E-state index is 9.15. The van der Waals surface area contributed by atoms with E-state index in [0.29, 0.717) is 16.9 Å². The van der Waals surface area contributed by atoms with Gasteiger partial charge in [-0.3, -0.25) is 0 Å². The van der Waals surface area contributed by atoms with E-state index >= 15 is 0 Å². The molecule has 2 heteroatoms. The molecule has 0 aromatic heterocycles. The zero-order valence-corrected chi connectivity index (χ0v) is 24.7. The van der Waals surface area contributed by atoms with Crippen LogP contribution in [0.1, 0.15) is 16.5 Å². The predicted octanol–water partition coefficient (Wildman–Crippen LogP) is 12.3. The van der Waals surface area contributed by atoms with Crippen molar-refractivity contribution in [3.63, 3.8) is 0 Å². The normalized spacial score (nSPS) is 13.3. The molecule has 7 rings (SSSR count). The maximum atomic E-state index is 9.15. The fourth-order valence-corrected chi connectivity index (χ4v) is 5.18. The van der Waals surface area contributed by atoms with Crippen LogP contribution in [0.5, 0.6) is 0 Å². The highest BCUT2D eigenvalue weighted by Gasteiger charge is 2.14. The Morgan fingerprint density at radius 3 is 1.04 bits per heavy atom. The summed E-state index contributed by atoms with van der Waals surface area (Å²) in [7, 11) is 0. The Morgan fingerprint density at radius 2 is 0.622 bits per heavy atom. The minimum Gasteiger partial charge on any atom is -0.311 e. The highest BCUT2D eigenvalue weighted by molar-refractivity contribution is 5.80. The second kappa shape index (κ2) is 12.8. The lowest BCUT2D eigenvalue weighted by molar-refractivity contribution is 1.27. The minimum atomic E-state index is -0.464. The zero-order valence-electron chi connectivity index (χ0n) is 32.7. The summed E-state index contributed by atoms with van der Waals surface area (Å²) in [4.78, 5) is 3.73. The molecule has 0 bridgehead atoms. The average Bonchev–Trinajstić information content (AvgIpc) is 3.19. The third-order valence-corrected chi connectivity index (χ3v) is 7.46. The molecule has 0 atom stereocenters. The summed E-state index contributed by atoms with van der Waals surface area (Å²) < 4.78 is 72.7. The highest BCUT2D eigenvalue weighted by Crippen LogP contribution is 2.37. The fraction of sp³-hybridized carbons (Fsp3) is 0.0233. The standard InChI is InChI=1S/C43H34N2/c1-33-17-27-41(28-18-33)45(40-15-9-4-10-16-40)43-31-25-37(26-32-43)35-21-19-34(20-22-35)36-23-29-42(30-24-36)44(38-11-5-2-6-12-38)39-13-7-3-8-14-39/h2-32H,1H3/i19D,20D,21D,22D,25D,26D,31D,32D. The van der Waals surface area contributed by atoms with Gasteiger partial charge in [-0.1, -0.05) is 121 Å². The summed E-state index contributed by atoms with van der Waals surface area (Å²) in [5.41, 5.74) is 4.95. The molecular formula is C43H34N2. The summed E-state index contributed by atoms with van der Waals surface area (Å²) >= 11 is 0. The van der Waals surface area contributed by atoms with Crippen LogP contribution in [0.3, 0.4) is 0 Å². The Morgan fingerprint density at radius 1 is 0.311 bits per heavy atom. The summed E-state index contributed by atoms with van der Waals surface area (Å²) in [6.45, 7) is 1.95. The number of hydrogen-bond donors (Lipinski definition) is 0. The van der Waals surface area contributed by atoms with E-state index in [9.17, 15) is 0 Å². The minimum absolute atomic E-state index is 0.00539. The van der Waals surface area contributed by atoms with E-state index in [0.717, 1.165) is 22.6 Å². The lowest BCUT2D eigenvalue weighted by Gasteiger charge is -2.25. The summed E-state index contributed by atoms with van der Waals surface area (Å²) in [6, 6.07) is 40.3. The largest absolute Gasteiger partial charge is 0.311 e. The van der Waals surface area contributed by atoms with E-state index < -0.39 is 24.2 Å². The molecule has 2 nitrogen and oxygen atoms in total. The molecule has 0 aliphatic heterocycles. The Bertz CT molecular complexity index is 2320. The van der Waals surface area contributed by atoms with Crippen LogP contribution in [0, 0.1) is 6.92 Å². The molecule has 7 aromatic carbocycles. The molecule has 0 unspecified atom stereocenters. The predicted molar refractivity (Wildman–Crippen MR) is 191 cm³/mol. The molecular weight excluding hydrogens is 544 g/mol. The van der Waals surface area contributed by atoms with Gasteiger partial charge < -0.3 is 9.80 Å². The van der Waals surface area contributed by atoms with E-state index in [1.807, 2.05) is 134 Å². The van der Waals surface area contributed by atoms with Crippen molar-refractivity contribution in [2.45, 2.75) is 6.92 Å². The van der Waals surface area contributed by atoms with Crippen LogP contribution in [-0.2, 0) is 0 Å². The van der Waals surface area contributed by atoms with Gasteiger partial charge in [0.15, 0.2) is 0 Å². The first-order valence-electron chi connectivity index (χ1n) is 18.7. The van der Waals surface area contributed by atoms with E-state index in [1.54, 1.807) is 17.0 Å². The Hall–Kier alpha value is -5.86. The van der Waals surface area contributed by atoms with Gasteiger partial charge in [0.1, 0.15) is 0 Å². The van der Waals surface area contributed by atoms with E-state index in [4.69, 9.17) is 11.0 Å². The molecule has 0 fully saturated rings. The number of benzene rings is 7. The molecule has 0 aliphatic carbocycles. The molecule has 0 saturated heterocycles. The summed E-state index contributed by atoms with van der Waals surface area (Å²) in [5.74, 6) is 0. The average molecular weight is 587 g/mol. The summed E-state index contributed by atoms with van der Waals surface area (Å²) in [5, 5.41) is 0. The van der Waals surface area contributed by atoms with E-state index in [1.165, 1.54) is 0 Å². The lowest BCUT2D eigenvalue weighted by Crippen LogP contribution is -2.09. The molecule has 0 radical (unpaired) electrons. The van der Waals surface area contributed by atoms with Crippen LogP contribution in [0.25, 0.3) is 22.3 Å². The number of rotatable bonds is 8. The van der Waals surface area contributed by atoms with Crippen LogP contribution in [0.4, 0.5) is 34.1 Å². The van der Waals surface area contributed by atoms with Gasteiger partial charge >= 0.3 is 0 Å². The molecule has 45 heavy (non-hydrogen) atoms. The quantitative estimate of drug-likeness (QED) is 0.175. The molecule has 0 amide bonds. The van der Waals surface area contributed by atoms with Crippen LogP contribution >= 0.6 is 0 Å². The first kappa shape index (κ1) is 20.2. The molecule has 0 aliphatic rings. The van der Waals surface area contributed by atoms with Crippen molar-refractivity contribution in [2.75, 3.05) is 9.80 Å². The number of aryl methyl sites for hydroxylation is 1. The van der Waals surface area contributed by atoms with Crippen LogP contribution in [-0.4, -0.2) is 0 Å². The SMILES string of the molecule is [2H]c1c([2H])c(-c2c([2H])c([2H])c(N(c3ccccc3)c3ccc(C)cc3)c([2H])c2[2H])c([2H])c([2H])c1-c1ccc(N(c2ccccc2)c2ccccc2)cc1. The van der Waals surface area contributed by atoms with Crippen molar-refractivity contribution < 1.29 is 11.0 Å². The third-order valence-electron chi connectivity index (χ3n) is 7.46. The van der Waals surface area contributed by atoms with Gasteiger partial charge in [-0.25, -0.2) is 0 Å². The number of hydrogen-bond acceptors (Lipinski definition) is 2. The van der Waals surface area contributed by atoms with Crippen molar-refractivity contribution in [1.29, 1.82) is 0 Å². The van der Waals surface area contributed by atoms with Gasteiger partial charge in [0.05, 0.1) is 11.0 Å². The smallest absolute Gasteiger partial charge is 0.0645 e. The van der Waals surface area contributed by atoms with Gasteiger partial charge in [-0.2, -0.15) is 0 Å². The van der Waals surface area contributed by atoms with Gasteiger partial charge in [0.2, 0.25) is 0 Å². The fourth-order valence-electron chi connectivity index (χ4n) is 5.18. The van der Waals surface area contributed by atoms with Crippen molar-refractivity contribution in [2.24, 2.45) is 0 Å². The zero-order chi connectivity index (χ0) is 37.4. The molecule has 7 aromatic rings. The number of para-hydroxylation sites is 3. The molecule has 0 N–H and O–H groups in total. The molecule has 0 heterocycles. The number of anilines is 6. The topological polar surface area (TPSA) is 6.48 Å². The number of nitrogens with zero attached hydrogens (tertiary/aromatic N) is 2. The van der Waals surface area contributed by atoms with Gasteiger partial charge in [0, 0.05) is 34.1 Å². The van der Waals surface area contributed by atoms with Crippen molar-refractivity contribution in [1.82, 2.24) is 0 Å². The van der Waals surface area contributed by atoms with Crippen LogP contribution in [0.15, 0.2) is 188 Å². The highest BCUT2D eigenvalue weighted by atomic mass is 15.1. The Balaban J connectivity index is 1.34. The third kappa shape index (κ3) is 6.13. The van der Waals surface area contributed by atoms with E-state index in [-0.39, 0.29) is 46.5 Å². The molecule has 0 saturated carbocycles. The van der Waals surface area contributed by atoms with Gasteiger partial charge in [0.25, 0.3) is 0 Å². The lowest BCUT2D eigenvalue weighted by atomic mass is 9.99. The van der Waals surface area contributed by atoms with Gasteiger partial charge in [-0.05, 0) is 102 Å². The second-order valence-electron chi connectivity index (χ2n) is 10.5. The summed E-state index contributed by atoms with van der Waals surface area (Å²) in [6.07, 6.45) is 0. The monoisotopic (exact) mass is 586 g/mol. The first-order chi connectivity index (χ1) is 25.6. The van der Waals surface area contributed by atoms with Gasteiger partial charge in [-0.15, -0.1) is 0 Å².